The van der Waals surface area contributed by atoms with Gasteiger partial charge in [-0.1, -0.05) is 25.4 Å². The number of hydrogen-bond acceptors (Lipinski definition) is 3. The van der Waals surface area contributed by atoms with Crippen LogP contribution in [0.15, 0.2) is 6.07 Å². The summed E-state index contributed by atoms with van der Waals surface area (Å²) in [6.45, 7) is 6.78. The Morgan fingerprint density at radius 3 is 2.89 bits per heavy atom. The molecule has 1 N–H and O–H groups in total. The maximum atomic E-state index is 6.53. The van der Waals surface area contributed by atoms with E-state index in [1.807, 2.05) is 6.07 Å². The van der Waals surface area contributed by atoms with Crippen molar-refractivity contribution in [3.05, 3.63) is 22.2 Å². The lowest BCUT2D eigenvalue weighted by atomic mass is 9.84. The lowest BCUT2D eigenvalue weighted by Crippen LogP contribution is -2.29. The molecule has 2 aliphatic heterocycles. The standard InChI is InChI=1S/C15H20ClNO2/c1-9(2)13-14(10-4-3-5-17-7-10)11(16)6-12-15(13)19-8-18-12/h6,9-10,17H,3-5,7-8H2,1-2H3. The number of nitrogens with one attached hydrogen (secondary N) is 1. The molecule has 1 atom stereocenters. The quantitative estimate of drug-likeness (QED) is 0.897. The van der Waals surface area contributed by atoms with Crippen molar-refractivity contribution in [1.29, 1.82) is 0 Å². The second kappa shape index (κ2) is 5.22. The topological polar surface area (TPSA) is 30.5 Å². The minimum Gasteiger partial charge on any atom is -0.454 e. The van der Waals surface area contributed by atoms with Crippen molar-refractivity contribution < 1.29 is 9.47 Å². The number of hydrogen-bond donors (Lipinski definition) is 1. The van der Waals surface area contributed by atoms with Gasteiger partial charge >= 0.3 is 0 Å². The number of piperidine rings is 1. The second-order valence-corrected chi connectivity index (χ2v) is 6.02. The average Bonchev–Trinajstić information content (AvgIpc) is 2.85. The molecule has 104 valence electrons. The Kier molecular flexibility index (Phi) is 3.59. The molecule has 0 spiro atoms. The molecule has 0 radical (unpaired) electrons. The van der Waals surface area contributed by atoms with Crippen LogP contribution in [0.25, 0.3) is 0 Å². The lowest BCUT2D eigenvalue weighted by molar-refractivity contribution is 0.173. The van der Waals surface area contributed by atoms with Crippen molar-refractivity contribution in [2.45, 2.75) is 38.5 Å². The fourth-order valence-electron chi connectivity index (χ4n) is 3.14. The zero-order chi connectivity index (χ0) is 13.4. The smallest absolute Gasteiger partial charge is 0.231 e. The van der Waals surface area contributed by atoms with Gasteiger partial charge < -0.3 is 14.8 Å². The van der Waals surface area contributed by atoms with Crippen molar-refractivity contribution in [2.24, 2.45) is 0 Å². The van der Waals surface area contributed by atoms with Gasteiger partial charge in [-0.25, -0.2) is 0 Å². The molecule has 1 aromatic carbocycles. The van der Waals surface area contributed by atoms with Gasteiger partial charge in [-0.15, -0.1) is 0 Å². The van der Waals surface area contributed by atoms with Gasteiger partial charge in [-0.05, 0) is 36.8 Å². The molecule has 1 saturated heterocycles. The van der Waals surface area contributed by atoms with Crippen LogP contribution < -0.4 is 14.8 Å². The van der Waals surface area contributed by atoms with E-state index in [4.69, 9.17) is 21.1 Å². The van der Waals surface area contributed by atoms with Gasteiger partial charge in [0.2, 0.25) is 6.79 Å². The highest BCUT2D eigenvalue weighted by Crippen LogP contribution is 2.47. The molecule has 0 aromatic heterocycles. The Balaban J connectivity index is 2.11. The molecular formula is C15H20ClNO2. The molecule has 1 fully saturated rings. The summed E-state index contributed by atoms with van der Waals surface area (Å²) >= 11 is 6.53. The van der Waals surface area contributed by atoms with Crippen LogP contribution >= 0.6 is 11.6 Å². The summed E-state index contributed by atoms with van der Waals surface area (Å²) in [5, 5.41) is 4.28. The van der Waals surface area contributed by atoms with Crippen LogP contribution in [0.3, 0.4) is 0 Å². The molecular weight excluding hydrogens is 262 g/mol. The maximum absolute atomic E-state index is 6.53. The summed E-state index contributed by atoms with van der Waals surface area (Å²) in [4.78, 5) is 0. The van der Waals surface area contributed by atoms with E-state index in [0.29, 0.717) is 18.6 Å². The summed E-state index contributed by atoms with van der Waals surface area (Å²) in [5.74, 6) is 2.56. The number of benzene rings is 1. The largest absolute Gasteiger partial charge is 0.454 e. The van der Waals surface area contributed by atoms with E-state index in [-0.39, 0.29) is 0 Å². The Morgan fingerprint density at radius 2 is 2.21 bits per heavy atom. The van der Waals surface area contributed by atoms with E-state index in [1.165, 1.54) is 24.0 Å². The van der Waals surface area contributed by atoms with E-state index in [1.54, 1.807) is 0 Å². The molecule has 0 amide bonds. The molecule has 0 bridgehead atoms. The first-order chi connectivity index (χ1) is 9.18. The zero-order valence-corrected chi connectivity index (χ0v) is 12.2. The zero-order valence-electron chi connectivity index (χ0n) is 11.5. The monoisotopic (exact) mass is 281 g/mol. The van der Waals surface area contributed by atoms with E-state index in [2.05, 4.69) is 19.2 Å². The fraction of sp³-hybridized carbons (Fsp3) is 0.600. The van der Waals surface area contributed by atoms with Crippen molar-refractivity contribution in [1.82, 2.24) is 5.32 Å². The van der Waals surface area contributed by atoms with Crippen LogP contribution in [0.5, 0.6) is 11.5 Å². The number of halogens is 1. The van der Waals surface area contributed by atoms with Crippen LogP contribution in [0.1, 0.15) is 49.7 Å². The van der Waals surface area contributed by atoms with Gasteiger partial charge in [-0.3, -0.25) is 0 Å². The minimum absolute atomic E-state index is 0.303. The highest BCUT2D eigenvalue weighted by atomic mass is 35.5. The predicted molar refractivity (Wildman–Crippen MR) is 76.5 cm³/mol. The molecule has 3 rings (SSSR count). The van der Waals surface area contributed by atoms with Crippen LogP contribution in [-0.2, 0) is 0 Å². The SMILES string of the molecule is CC(C)c1c2c(cc(Cl)c1C1CCCNC1)OCO2. The van der Waals surface area contributed by atoms with Gasteiger partial charge in [-0.2, -0.15) is 0 Å². The molecule has 4 heteroatoms. The molecule has 2 aliphatic rings. The Bertz CT molecular complexity index is 482. The molecule has 1 aromatic rings. The lowest BCUT2D eigenvalue weighted by Gasteiger charge is -2.28. The molecule has 19 heavy (non-hydrogen) atoms. The third kappa shape index (κ3) is 2.30. The van der Waals surface area contributed by atoms with Gasteiger partial charge in [0.05, 0.1) is 0 Å². The first-order valence-corrected chi connectivity index (χ1v) is 7.39. The average molecular weight is 282 g/mol. The van der Waals surface area contributed by atoms with Crippen LogP contribution in [0.4, 0.5) is 0 Å². The van der Waals surface area contributed by atoms with Gasteiger partial charge in [0.15, 0.2) is 11.5 Å². The molecule has 1 unspecified atom stereocenters. The van der Waals surface area contributed by atoms with E-state index < -0.39 is 0 Å². The molecule has 2 heterocycles. The first kappa shape index (κ1) is 13.1. The van der Waals surface area contributed by atoms with Gasteiger partial charge in [0.1, 0.15) is 0 Å². The van der Waals surface area contributed by atoms with E-state index in [9.17, 15) is 0 Å². The second-order valence-electron chi connectivity index (χ2n) is 5.62. The van der Waals surface area contributed by atoms with Crippen LogP contribution in [-0.4, -0.2) is 19.9 Å². The first-order valence-electron chi connectivity index (χ1n) is 7.01. The summed E-state index contributed by atoms with van der Waals surface area (Å²) < 4.78 is 11.2. The molecule has 3 nitrogen and oxygen atoms in total. The molecule has 0 saturated carbocycles. The van der Waals surface area contributed by atoms with E-state index >= 15 is 0 Å². The fourth-order valence-corrected chi connectivity index (χ4v) is 3.49. The van der Waals surface area contributed by atoms with Gasteiger partial charge in [0.25, 0.3) is 0 Å². The Morgan fingerprint density at radius 1 is 1.37 bits per heavy atom. The van der Waals surface area contributed by atoms with E-state index in [0.717, 1.165) is 29.6 Å². The van der Waals surface area contributed by atoms with Crippen molar-refractivity contribution in [3.8, 4) is 11.5 Å². The third-order valence-corrected chi connectivity index (χ3v) is 4.29. The van der Waals surface area contributed by atoms with Crippen molar-refractivity contribution >= 4 is 11.6 Å². The third-order valence-electron chi connectivity index (χ3n) is 3.97. The Hall–Kier alpha value is -0.930. The minimum atomic E-state index is 0.303. The summed E-state index contributed by atoms with van der Waals surface area (Å²) in [6, 6.07) is 1.92. The van der Waals surface area contributed by atoms with Crippen molar-refractivity contribution in [3.63, 3.8) is 0 Å². The molecule has 0 aliphatic carbocycles. The van der Waals surface area contributed by atoms with Crippen LogP contribution in [0, 0.1) is 0 Å². The number of ether oxygens (including phenoxy) is 2. The van der Waals surface area contributed by atoms with Gasteiger partial charge in [0, 0.05) is 23.2 Å². The van der Waals surface area contributed by atoms with Crippen molar-refractivity contribution in [2.75, 3.05) is 19.9 Å². The Labute approximate surface area is 119 Å². The van der Waals surface area contributed by atoms with Crippen LogP contribution in [0.2, 0.25) is 5.02 Å². The number of rotatable bonds is 2. The maximum Gasteiger partial charge on any atom is 0.231 e. The summed E-state index contributed by atoms with van der Waals surface area (Å²) in [7, 11) is 0. The number of fused-ring (bicyclic) bond motifs is 1. The normalized spacial score (nSPS) is 22.0. The summed E-state index contributed by atoms with van der Waals surface area (Å²) in [6.07, 6.45) is 2.39. The summed E-state index contributed by atoms with van der Waals surface area (Å²) in [5.41, 5.74) is 2.49. The highest BCUT2D eigenvalue weighted by Gasteiger charge is 2.29. The highest BCUT2D eigenvalue weighted by molar-refractivity contribution is 6.31. The predicted octanol–water partition coefficient (Wildman–Crippen LogP) is 3.66.